The first-order chi connectivity index (χ1) is 14.9. The highest BCUT2D eigenvalue weighted by molar-refractivity contribution is 9.10. The van der Waals surface area contributed by atoms with Crippen LogP contribution in [0, 0.1) is 6.92 Å². The molecule has 8 heteroatoms. The standard InChI is InChI=1S/C23H19Br2N3O3/c1-13-20-18(27-28-22(29)14-5-7-15(24)8-6-14)3-2-4-19(20)31-21(13)23(30)26-17-11-9-16(25)10-12-17/h5-12H,2-4H2,1H3,(H,26,30)(H,28,29)/b27-18+. The second kappa shape index (κ2) is 9.20. The molecule has 0 fully saturated rings. The maximum absolute atomic E-state index is 12.8. The van der Waals surface area contributed by atoms with Gasteiger partial charge in [-0.2, -0.15) is 5.10 Å². The number of fused-ring (bicyclic) bond motifs is 1. The fourth-order valence-corrected chi connectivity index (χ4v) is 4.03. The normalized spacial score (nSPS) is 14.2. The van der Waals surface area contributed by atoms with Crippen molar-refractivity contribution in [2.45, 2.75) is 26.2 Å². The molecule has 2 aromatic carbocycles. The number of aryl methyl sites for hydroxylation is 1. The molecule has 1 aliphatic carbocycles. The zero-order valence-corrected chi connectivity index (χ0v) is 19.8. The zero-order chi connectivity index (χ0) is 22.0. The summed E-state index contributed by atoms with van der Waals surface area (Å²) in [6.07, 6.45) is 2.25. The molecule has 1 heterocycles. The van der Waals surface area contributed by atoms with Gasteiger partial charge >= 0.3 is 0 Å². The third kappa shape index (κ3) is 4.80. The van der Waals surface area contributed by atoms with E-state index < -0.39 is 0 Å². The molecule has 158 valence electrons. The van der Waals surface area contributed by atoms with Crippen LogP contribution in [-0.4, -0.2) is 17.5 Å². The van der Waals surface area contributed by atoms with E-state index >= 15 is 0 Å². The van der Waals surface area contributed by atoms with Crippen LogP contribution in [0.15, 0.2) is 67.0 Å². The van der Waals surface area contributed by atoms with Crippen LogP contribution in [0.25, 0.3) is 0 Å². The summed E-state index contributed by atoms with van der Waals surface area (Å²) in [5.74, 6) is 0.386. The number of nitrogens with zero attached hydrogens (tertiary/aromatic N) is 1. The summed E-state index contributed by atoms with van der Waals surface area (Å²) in [7, 11) is 0. The summed E-state index contributed by atoms with van der Waals surface area (Å²) in [5.41, 5.74) is 6.07. The van der Waals surface area contributed by atoms with Crippen LogP contribution in [0.2, 0.25) is 0 Å². The van der Waals surface area contributed by atoms with Crippen molar-refractivity contribution in [3.63, 3.8) is 0 Å². The van der Waals surface area contributed by atoms with E-state index in [-0.39, 0.29) is 17.6 Å². The molecule has 0 radical (unpaired) electrons. The summed E-state index contributed by atoms with van der Waals surface area (Å²) < 4.78 is 7.74. The lowest BCUT2D eigenvalue weighted by atomic mass is 9.93. The van der Waals surface area contributed by atoms with E-state index in [1.807, 2.05) is 31.2 Å². The predicted molar refractivity (Wildman–Crippen MR) is 127 cm³/mol. The molecule has 0 aliphatic heterocycles. The zero-order valence-electron chi connectivity index (χ0n) is 16.7. The fourth-order valence-electron chi connectivity index (χ4n) is 3.50. The lowest BCUT2D eigenvalue weighted by Gasteiger charge is -2.13. The first-order valence-electron chi connectivity index (χ1n) is 9.74. The average molecular weight is 545 g/mol. The van der Waals surface area contributed by atoms with Crippen LogP contribution >= 0.6 is 31.9 Å². The molecule has 2 N–H and O–H groups in total. The molecule has 2 amide bonds. The molecule has 4 rings (SSSR count). The molecule has 0 atom stereocenters. The highest BCUT2D eigenvalue weighted by atomic mass is 79.9. The predicted octanol–water partition coefficient (Wildman–Crippen LogP) is 5.84. The lowest BCUT2D eigenvalue weighted by Crippen LogP contribution is -2.22. The Morgan fingerprint density at radius 2 is 1.58 bits per heavy atom. The van der Waals surface area contributed by atoms with Crippen molar-refractivity contribution in [1.82, 2.24) is 5.43 Å². The number of hydrogen-bond acceptors (Lipinski definition) is 4. The first-order valence-corrected chi connectivity index (χ1v) is 11.3. The van der Waals surface area contributed by atoms with Gasteiger partial charge in [-0.05, 0) is 68.3 Å². The van der Waals surface area contributed by atoms with E-state index in [1.165, 1.54) is 0 Å². The van der Waals surface area contributed by atoms with Crippen molar-refractivity contribution in [1.29, 1.82) is 0 Å². The molecule has 0 unspecified atom stereocenters. The number of carbonyl (C=O) groups is 2. The minimum absolute atomic E-state index is 0.266. The van der Waals surface area contributed by atoms with E-state index in [4.69, 9.17) is 4.42 Å². The van der Waals surface area contributed by atoms with Gasteiger partial charge in [0, 0.05) is 37.7 Å². The van der Waals surface area contributed by atoms with Crippen LogP contribution in [-0.2, 0) is 6.42 Å². The number of furan rings is 1. The lowest BCUT2D eigenvalue weighted by molar-refractivity contribution is 0.0953. The van der Waals surface area contributed by atoms with Crippen molar-refractivity contribution in [2.24, 2.45) is 5.10 Å². The highest BCUT2D eigenvalue weighted by Gasteiger charge is 2.28. The molecule has 0 bridgehead atoms. The van der Waals surface area contributed by atoms with E-state index in [9.17, 15) is 9.59 Å². The Morgan fingerprint density at radius 3 is 2.26 bits per heavy atom. The summed E-state index contributed by atoms with van der Waals surface area (Å²) in [4.78, 5) is 25.2. The maximum Gasteiger partial charge on any atom is 0.291 e. The van der Waals surface area contributed by atoms with Crippen LogP contribution in [0.4, 0.5) is 5.69 Å². The Hall–Kier alpha value is -2.71. The van der Waals surface area contributed by atoms with Crippen LogP contribution < -0.4 is 10.7 Å². The molecule has 1 aromatic heterocycles. The van der Waals surface area contributed by atoms with E-state index in [1.54, 1.807) is 24.3 Å². The van der Waals surface area contributed by atoms with Gasteiger partial charge in [0.25, 0.3) is 11.8 Å². The van der Waals surface area contributed by atoms with Gasteiger partial charge in [-0.3, -0.25) is 9.59 Å². The fraction of sp³-hybridized carbons (Fsp3) is 0.174. The van der Waals surface area contributed by atoms with E-state index in [0.717, 1.165) is 44.4 Å². The number of nitrogens with one attached hydrogen (secondary N) is 2. The number of carbonyl (C=O) groups excluding carboxylic acids is 2. The average Bonchev–Trinajstić information content (AvgIpc) is 3.11. The van der Waals surface area contributed by atoms with Crippen LogP contribution in [0.1, 0.15) is 50.6 Å². The van der Waals surface area contributed by atoms with Crippen LogP contribution in [0.5, 0.6) is 0 Å². The van der Waals surface area contributed by atoms with Gasteiger partial charge in [0.2, 0.25) is 0 Å². The van der Waals surface area contributed by atoms with Gasteiger partial charge in [0.15, 0.2) is 5.76 Å². The maximum atomic E-state index is 12.8. The quantitative estimate of drug-likeness (QED) is 0.405. The monoisotopic (exact) mass is 543 g/mol. The van der Waals surface area contributed by atoms with Gasteiger partial charge in [0.05, 0.1) is 5.71 Å². The molecular formula is C23H19Br2N3O3. The van der Waals surface area contributed by atoms with Crippen molar-refractivity contribution >= 4 is 55.1 Å². The number of anilines is 1. The van der Waals surface area contributed by atoms with E-state index in [0.29, 0.717) is 17.7 Å². The Balaban J connectivity index is 1.55. The van der Waals surface area contributed by atoms with Crippen LogP contribution in [0.3, 0.4) is 0 Å². The third-order valence-corrected chi connectivity index (χ3v) is 6.09. The SMILES string of the molecule is Cc1c(C(=O)Nc2ccc(Br)cc2)oc2c1/C(=N/NC(=O)c1ccc(Br)cc1)CCC2. The summed E-state index contributed by atoms with van der Waals surface area (Å²) in [6.45, 7) is 1.84. The molecule has 31 heavy (non-hydrogen) atoms. The Morgan fingerprint density at radius 1 is 0.935 bits per heavy atom. The molecule has 3 aromatic rings. The van der Waals surface area contributed by atoms with Crippen molar-refractivity contribution in [3.05, 3.63) is 85.7 Å². The van der Waals surface area contributed by atoms with Crippen molar-refractivity contribution in [2.75, 3.05) is 5.32 Å². The van der Waals surface area contributed by atoms with Crippen molar-refractivity contribution in [3.8, 4) is 0 Å². The van der Waals surface area contributed by atoms with Gasteiger partial charge in [-0.15, -0.1) is 0 Å². The minimum atomic E-state index is -0.313. The second-order valence-electron chi connectivity index (χ2n) is 7.18. The number of amides is 2. The molecule has 1 aliphatic rings. The summed E-state index contributed by atoms with van der Waals surface area (Å²) >= 11 is 6.74. The number of hydrazone groups is 1. The Kier molecular flexibility index (Phi) is 6.38. The first kappa shape index (κ1) is 21.5. The van der Waals surface area contributed by atoms with Crippen molar-refractivity contribution < 1.29 is 14.0 Å². The van der Waals surface area contributed by atoms with Gasteiger partial charge in [0.1, 0.15) is 5.76 Å². The number of hydrogen-bond donors (Lipinski definition) is 2. The molecule has 0 saturated carbocycles. The second-order valence-corrected chi connectivity index (χ2v) is 9.01. The number of rotatable bonds is 4. The largest absolute Gasteiger partial charge is 0.455 e. The van der Waals surface area contributed by atoms with E-state index in [2.05, 4.69) is 47.7 Å². The highest BCUT2D eigenvalue weighted by Crippen LogP contribution is 2.30. The van der Waals surface area contributed by atoms with Gasteiger partial charge in [-0.25, -0.2) is 5.43 Å². The van der Waals surface area contributed by atoms with Gasteiger partial charge < -0.3 is 9.73 Å². The number of benzene rings is 2. The third-order valence-electron chi connectivity index (χ3n) is 5.03. The minimum Gasteiger partial charge on any atom is -0.455 e. The molecule has 0 saturated heterocycles. The molecular weight excluding hydrogens is 526 g/mol. The van der Waals surface area contributed by atoms with Gasteiger partial charge in [-0.1, -0.05) is 31.9 Å². The molecule has 0 spiro atoms. The Labute approximate surface area is 196 Å². The Bertz CT molecular complexity index is 1170. The summed E-state index contributed by atoms with van der Waals surface area (Å²) in [5, 5.41) is 7.22. The summed E-state index contributed by atoms with van der Waals surface area (Å²) in [6, 6.07) is 14.4. The molecule has 6 nitrogen and oxygen atoms in total. The number of halogens is 2. The topological polar surface area (TPSA) is 83.7 Å². The smallest absolute Gasteiger partial charge is 0.291 e.